The number of aryl methyl sites for hydroxylation is 1. The summed E-state index contributed by atoms with van der Waals surface area (Å²) in [5, 5.41) is 4.39. The van der Waals surface area contributed by atoms with Crippen LogP contribution in [0.3, 0.4) is 0 Å². The van der Waals surface area contributed by atoms with E-state index in [2.05, 4.69) is 14.9 Å². The molecule has 0 aliphatic carbocycles. The van der Waals surface area contributed by atoms with E-state index in [1.807, 2.05) is 13.8 Å². The molecule has 1 fully saturated rings. The minimum Gasteiger partial charge on any atom is -0.376 e. The number of anilines is 1. The number of carbonyl (C=O) groups is 1. The van der Waals surface area contributed by atoms with Gasteiger partial charge in [0.25, 0.3) is 0 Å². The van der Waals surface area contributed by atoms with E-state index in [-0.39, 0.29) is 17.8 Å². The van der Waals surface area contributed by atoms with Crippen molar-refractivity contribution in [2.24, 2.45) is 0 Å². The summed E-state index contributed by atoms with van der Waals surface area (Å²) in [5.41, 5.74) is 2.60. The Bertz CT molecular complexity index is 804. The van der Waals surface area contributed by atoms with Crippen molar-refractivity contribution in [2.45, 2.75) is 44.5 Å². The van der Waals surface area contributed by atoms with Crippen LogP contribution in [0.1, 0.15) is 24.2 Å². The van der Waals surface area contributed by atoms with Crippen molar-refractivity contribution in [3.63, 3.8) is 0 Å². The molecular weight excluding hydrogens is 393 g/mol. The minimum absolute atomic E-state index is 0.152. The summed E-state index contributed by atoms with van der Waals surface area (Å²) in [5.74, 6) is 0.0886. The highest BCUT2D eigenvalue weighted by Crippen LogP contribution is 2.30. The largest absolute Gasteiger partial charge is 0.376 e. The highest BCUT2D eigenvalue weighted by molar-refractivity contribution is 7.99. The maximum atomic E-state index is 12.3. The van der Waals surface area contributed by atoms with E-state index in [4.69, 9.17) is 27.9 Å². The normalized spacial score (nSPS) is 16.8. The Morgan fingerprint density at radius 2 is 2.23 bits per heavy atom. The average molecular weight is 414 g/mol. The zero-order valence-corrected chi connectivity index (χ0v) is 17.0. The van der Waals surface area contributed by atoms with E-state index in [0.717, 1.165) is 42.5 Å². The number of rotatable bonds is 6. The monoisotopic (exact) mass is 413 g/mol. The zero-order valence-electron chi connectivity index (χ0n) is 14.7. The van der Waals surface area contributed by atoms with E-state index in [9.17, 15) is 4.79 Å². The van der Waals surface area contributed by atoms with Crippen molar-refractivity contribution in [1.82, 2.24) is 9.55 Å². The number of benzene rings is 1. The third kappa shape index (κ3) is 4.55. The van der Waals surface area contributed by atoms with Gasteiger partial charge < -0.3 is 14.6 Å². The molecule has 1 aliphatic rings. The predicted octanol–water partition coefficient (Wildman–Crippen LogP) is 4.72. The Morgan fingerprint density at radius 3 is 2.96 bits per heavy atom. The van der Waals surface area contributed by atoms with E-state index in [1.165, 1.54) is 11.8 Å². The van der Waals surface area contributed by atoms with Gasteiger partial charge in [-0.1, -0.05) is 41.0 Å². The van der Waals surface area contributed by atoms with Crippen LogP contribution in [0.4, 0.5) is 5.69 Å². The van der Waals surface area contributed by atoms with Gasteiger partial charge in [0.15, 0.2) is 5.16 Å². The molecule has 1 atom stereocenters. The third-order valence-electron chi connectivity index (χ3n) is 4.39. The molecule has 1 unspecified atom stereocenters. The van der Waals surface area contributed by atoms with Gasteiger partial charge in [0.05, 0.1) is 39.8 Å². The van der Waals surface area contributed by atoms with Crippen molar-refractivity contribution < 1.29 is 9.53 Å². The molecule has 1 N–H and O–H groups in total. The first-order valence-corrected chi connectivity index (χ1v) is 10.2. The van der Waals surface area contributed by atoms with Crippen LogP contribution in [-0.4, -0.2) is 33.9 Å². The molecule has 2 aromatic rings. The van der Waals surface area contributed by atoms with Gasteiger partial charge in [0.1, 0.15) is 0 Å². The smallest absolute Gasteiger partial charge is 0.234 e. The number of halogens is 2. The lowest BCUT2D eigenvalue weighted by Gasteiger charge is -2.14. The fourth-order valence-electron chi connectivity index (χ4n) is 2.86. The molecule has 0 spiro atoms. The Labute approximate surface area is 167 Å². The first-order valence-electron chi connectivity index (χ1n) is 8.47. The number of imidazole rings is 1. The number of hydrogen-bond donors (Lipinski definition) is 1. The van der Waals surface area contributed by atoms with Crippen LogP contribution in [0.25, 0.3) is 0 Å². The third-order valence-corrected chi connectivity index (χ3v) is 6.19. The van der Waals surface area contributed by atoms with E-state index >= 15 is 0 Å². The Morgan fingerprint density at radius 1 is 1.42 bits per heavy atom. The van der Waals surface area contributed by atoms with Crippen molar-refractivity contribution in [1.29, 1.82) is 0 Å². The fraction of sp³-hybridized carbons (Fsp3) is 0.444. The van der Waals surface area contributed by atoms with Crippen LogP contribution in [0.15, 0.2) is 23.4 Å². The molecule has 5 nitrogen and oxygen atoms in total. The molecule has 1 saturated heterocycles. The number of ether oxygens (including phenoxy) is 1. The summed E-state index contributed by atoms with van der Waals surface area (Å²) >= 11 is 13.5. The Kier molecular flexibility index (Phi) is 6.51. The summed E-state index contributed by atoms with van der Waals surface area (Å²) in [6.07, 6.45) is 2.39. The molecule has 1 aliphatic heterocycles. The van der Waals surface area contributed by atoms with E-state index in [1.54, 1.807) is 18.2 Å². The van der Waals surface area contributed by atoms with Crippen molar-refractivity contribution in [3.8, 4) is 0 Å². The molecule has 2 heterocycles. The number of hydrogen-bond acceptors (Lipinski definition) is 4. The topological polar surface area (TPSA) is 56.2 Å². The van der Waals surface area contributed by atoms with Gasteiger partial charge in [-0.3, -0.25) is 4.79 Å². The molecule has 0 radical (unpaired) electrons. The lowest BCUT2D eigenvalue weighted by molar-refractivity contribution is -0.113. The van der Waals surface area contributed by atoms with Crippen molar-refractivity contribution in [3.05, 3.63) is 39.6 Å². The maximum Gasteiger partial charge on any atom is 0.234 e. The summed E-state index contributed by atoms with van der Waals surface area (Å²) in [6.45, 7) is 5.63. The van der Waals surface area contributed by atoms with Crippen LogP contribution in [0.2, 0.25) is 10.0 Å². The maximum absolute atomic E-state index is 12.3. The second kappa shape index (κ2) is 8.65. The number of thioether (sulfide) groups is 1. The highest BCUT2D eigenvalue weighted by Gasteiger charge is 2.21. The lowest BCUT2D eigenvalue weighted by atomic mass is 10.2. The molecule has 8 heteroatoms. The SMILES string of the molecule is Cc1nc(SCC(=O)Nc2cccc(Cl)c2Cl)n(CC2CCCO2)c1C. The van der Waals surface area contributed by atoms with Crippen LogP contribution < -0.4 is 5.32 Å². The van der Waals surface area contributed by atoms with Crippen LogP contribution in [0, 0.1) is 13.8 Å². The molecule has 1 amide bonds. The highest BCUT2D eigenvalue weighted by atomic mass is 35.5. The molecule has 3 rings (SSSR count). The van der Waals surface area contributed by atoms with Gasteiger partial charge in [-0.2, -0.15) is 0 Å². The first kappa shape index (κ1) is 19.5. The molecule has 0 bridgehead atoms. The molecule has 1 aromatic carbocycles. The number of amides is 1. The summed E-state index contributed by atoms with van der Waals surface area (Å²) < 4.78 is 7.89. The van der Waals surface area contributed by atoms with Gasteiger partial charge in [0.2, 0.25) is 5.91 Å². The lowest BCUT2D eigenvalue weighted by Crippen LogP contribution is -2.18. The van der Waals surface area contributed by atoms with Crippen LogP contribution >= 0.6 is 35.0 Å². The van der Waals surface area contributed by atoms with Crippen LogP contribution in [0.5, 0.6) is 0 Å². The molecule has 26 heavy (non-hydrogen) atoms. The standard InChI is InChI=1S/C18H21Cl2N3O2S/c1-11-12(2)23(9-13-5-4-8-25-13)18(21-11)26-10-16(24)22-15-7-3-6-14(19)17(15)20/h3,6-7,13H,4-5,8-10H2,1-2H3,(H,22,24). The predicted molar refractivity (Wildman–Crippen MR) is 106 cm³/mol. The van der Waals surface area contributed by atoms with Gasteiger partial charge in [0, 0.05) is 12.3 Å². The van der Waals surface area contributed by atoms with Crippen LogP contribution in [-0.2, 0) is 16.1 Å². The average Bonchev–Trinajstić information content (AvgIpc) is 3.21. The van der Waals surface area contributed by atoms with Crippen molar-refractivity contribution >= 4 is 46.6 Å². The second-order valence-corrected chi connectivity index (χ2v) is 7.98. The minimum atomic E-state index is -0.152. The second-order valence-electron chi connectivity index (χ2n) is 6.25. The number of nitrogens with one attached hydrogen (secondary N) is 1. The molecular formula is C18H21Cl2N3O2S. The quantitative estimate of drug-likeness (QED) is 0.696. The number of aromatic nitrogens is 2. The molecule has 140 valence electrons. The summed E-state index contributed by atoms with van der Waals surface area (Å²) in [6, 6.07) is 5.16. The number of carbonyl (C=O) groups excluding carboxylic acids is 1. The van der Waals surface area contributed by atoms with E-state index in [0.29, 0.717) is 15.7 Å². The molecule has 1 aromatic heterocycles. The Balaban J connectivity index is 1.64. The zero-order chi connectivity index (χ0) is 18.7. The Hall–Kier alpha value is -1.21. The van der Waals surface area contributed by atoms with Gasteiger partial charge in [-0.05, 0) is 38.8 Å². The van der Waals surface area contributed by atoms with Gasteiger partial charge in [-0.25, -0.2) is 4.98 Å². The van der Waals surface area contributed by atoms with E-state index < -0.39 is 0 Å². The fourth-order valence-corrected chi connectivity index (χ4v) is 4.11. The first-order chi connectivity index (χ1) is 12.5. The molecule has 0 saturated carbocycles. The van der Waals surface area contributed by atoms with Gasteiger partial charge in [-0.15, -0.1) is 0 Å². The van der Waals surface area contributed by atoms with Gasteiger partial charge >= 0.3 is 0 Å². The number of nitrogens with zero attached hydrogens (tertiary/aromatic N) is 2. The van der Waals surface area contributed by atoms with Crippen molar-refractivity contribution in [2.75, 3.05) is 17.7 Å². The summed E-state index contributed by atoms with van der Waals surface area (Å²) in [4.78, 5) is 16.9. The summed E-state index contributed by atoms with van der Waals surface area (Å²) in [7, 11) is 0.